The van der Waals surface area contributed by atoms with Crippen molar-refractivity contribution in [2.24, 2.45) is 56.7 Å². The zero-order chi connectivity index (χ0) is 32.6. The van der Waals surface area contributed by atoms with Crippen molar-refractivity contribution in [1.82, 2.24) is 14.5 Å². The molecule has 1 aliphatic heterocycles. The summed E-state index contributed by atoms with van der Waals surface area (Å²) in [5.74, 6) is 3.59. The molecule has 0 spiro atoms. The Morgan fingerprint density at radius 1 is 0.844 bits per heavy atom. The van der Waals surface area contributed by atoms with Crippen molar-refractivity contribution in [1.29, 1.82) is 0 Å². The first-order valence-corrected chi connectivity index (χ1v) is 20.6. The molecule has 258 valence electrons. The molecule has 0 amide bonds. The molecular formula is C38H67N3O3S. The van der Waals surface area contributed by atoms with Crippen molar-refractivity contribution in [3.8, 4) is 0 Å². The minimum Gasteiger partial charge on any atom is -0.393 e. The molecule has 7 heteroatoms. The average molecular weight is 646 g/mol. The van der Waals surface area contributed by atoms with E-state index in [0.717, 1.165) is 56.9 Å². The van der Waals surface area contributed by atoms with Crippen LogP contribution in [0.4, 0.5) is 0 Å². The van der Waals surface area contributed by atoms with Gasteiger partial charge in [-0.05, 0) is 141 Å². The van der Waals surface area contributed by atoms with E-state index in [-0.39, 0.29) is 11.5 Å². The van der Waals surface area contributed by atoms with E-state index in [1.54, 1.807) is 4.31 Å². The molecule has 2 N–H and O–H groups in total. The molecule has 0 unspecified atom stereocenters. The Morgan fingerprint density at radius 2 is 1.56 bits per heavy atom. The second-order valence-corrected chi connectivity index (χ2v) is 20.4. The number of nitrogens with zero attached hydrogens (tertiary/aromatic N) is 2. The fourth-order valence-electron chi connectivity index (χ4n) is 13.7. The number of hydrogen-bond acceptors (Lipinski definition) is 5. The summed E-state index contributed by atoms with van der Waals surface area (Å²) in [6.07, 6.45) is 15.4. The highest BCUT2D eigenvalue weighted by molar-refractivity contribution is 7.88. The van der Waals surface area contributed by atoms with Crippen molar-refractivity contribution < 1.29 is 13.5 Å². The van der Waals surface area contributed by atoms with E-state index in [2.05, 4.69) is 58.3 Å². The van der Waals surface area contributed by atoms with Gasteiger partial charge in [0.05, 0.1) is 12.4 Å². The summed E-state index contributed by atoms with van der Waals surface area (Å²) in [6, 6.07) is 0. The Balaban J connectivity index is 1.14. The Morgan fingerprint density at radius 3 is 2.22 bits per heavy atom. The van der Waals surface area contributed by atoms with Gasteiger partial charge in [-0.2, -0.15) is 4.31 Å². The summed E-state index contributed by atoms with van der Waals surface area (Å²) in [5, 5.41) is 14.9. The van der Waals surface area contributed by atoms with Crippen LogP contribution >= 0.6 is 0 Å². The zero-order valence-electron chi connectivity index (χ0n) is 30.0. The number of piperazine rings is 1. The SMILES string of the molecule is C=C(C)[C@@H]1CC[C@]2(CCNCCN3CCN(S(C)(=O)=O)CC3)CC[C@]3(C)[C@H](CC[C@@H]4[C@@]5(C)CC[C@H](O)C(C)(C)[C@@H]5CC[C@]43C)[C@@H]12. The highest BCUT2D eigenvalue weighted by Crippen LogP contribution is 2.77. The normalized spacial score (nSPS) is 46.9. The quantitative estimate of drug-likeness (QED) is 0.231. The van der Waals surface area contributed by atoms with Crippen LogP contribution in [-0.2, 0) is 10.0 Å². The lowest BCUT2D eigenvalue weighted by molar-refractivity contribution is -0.247. The highest BCUT2D eigenvalue weighted by atomic mass is 32.2. The molecule has 0 radical (unpaired) electrons. The van der Waals surface area contributed by atoms with Crippen LogP contribution in [0, 0.1) is 56.7 Å². The minimum absolute atomic E-state index is 0.0157. The van der Waals surface area contributed by atoms with Gasteiger partial charge in [-0.15, -0.1) is 0 Å². The second kappa shape index (κ2) is 11.8. The molecule has 1 saturated heterocycles. The number of nitrogens with one attached hydrogen (secondary N) is 1. The Hall–Kier alpha value is -0.470. The monoisotopic (exact) mass is 645 g/mol. The van der Waals surface area contributed by atoms with Gasteiger partial charge in [0, 0.05) is 39.3 Å². The van der Waals surface area contributed by atoms with Crippen LogP contribution < -0.4 is 5.32 Å². The molecule has 6 fully saturated rings. The van der Waals surface area contributed by atoms with Gasteiger partial charge in [0.2, 0.25) is 10.0 Å². The molecule has 6 aliphatic rings. The summed E-state index contributed by atoms with van der Waals surface area (Å²) in [4.78, 5) is 2.41. The molecule has 6 rings (SSSR count). The van der Waals surface area contributed by atoms with Gasteiger partial charge >= 0.3 is 0 Å². The molecule has 45 heavy (non-hydrogen) atoms. The van der Waals surface area contributed by atoms with Gasteiger partial charge in [-0.25, -0.2) is 8.42 Å². The summed E-state index contributed by atoms with van der Waals surface area (Å²) in [7, 11) is -3.07. The molecule has 0 aromatic heterocycles. The smallest absolute Gasteiger partial charge is 0.211 e. The molecule has 5 aliphatic carbocycles. The van der Waals surface area contributed by atoms with Crippen molar-refractivity contribution in [3.63, 3.8) is 0 Å². The fourth-order valence-corrected chi connectivity index (χ4v) is 14.5. The van der Waals surface area contributed by atoms with E-state index < -0.39 is 10.0 Å². The summed E-state index contributed by atoms with van der Waals surface area (Å²) < 4.78 is 25.4. The number of aliphatic hydroxyl groups is 1. The fraction of sp³-hybridized carbons (Fsp3) is 0.947. The second-order valence-electron chi connectivity index (χ2n) is 18.4. The highest BCUT2D eigenvalue weighted by Gasteiger charge is 2.70. The topological polar surface area (TPSA) is 72.9 Å². The van der Waals surface area contributed by atoms with E-state index in [1.165, 1.54) is 76.0 Å². The Bertz CT molecular complexity index is 1230. The van der Waals surface area contributed by atoms with E-state index in [1.807, 2.05) is 0 Å². The van der Waals surface area contributed by atoms with Crippen LogP contribution in [-0.4, -0.2) is 80.9 Å². The van der Waals surface area contributed by atoms with Crippen LogP contribution in [0.3, 0.4) is 0 Å². The molecule has 1 heterocycles. The number of fused-ring (bicyclic) bond motifs is 7. The maximum atomic E-state index is 11.9. The largest absolute Gasteiger partial charge is 0.393 e. The average Bonchev–Trinajstić information content (AvgIpc) is 3.35. The standard InChI is InChI=1S/C38H67N3O3S/c1-27(2)28-11-16-38(19-20-39-21-22-40-23-25-41(26-24-40)45(8,43)44)18-17-36(6)29(33(28)38)9-10-31-35(5)14-13-32(42)34(3,4)30(35)12-15-37(31,36)7/h28-33,39,42H,1,9-26H2,2-8H3/t28-,29+,30-,31+,32-,33+,35-,36+,37+,38+/m0/s1. The maximum Gasteiger partial charge on any atom is 0.211 e. The van der Waals surface area contributed by atoms with Crippen LogP contribution in [0.2, 0.25) is 0 Å². The van der Waals surface area contributed by atoms with Crippen LogP contribution in [0.25, 0.3) is 0 Å². The Kier molecular flexibility index (Phi) is 9.05. The first kappa shape index (κ1) is 34.4. The van der Waals surface area contributed by atoms with Gasteiger partial charge < -0.3 is 10.4 Å². The van der Waals surface area contributed by atoms with Gasteiger partial charge in [0.25, 0.3) is 0 Å². The van der Waals surface area contributed by atoms with Crippen LogP contribution in [0.1, 0.15) is 112 Å². The van der Waals surface area contributed by atoms with E-state index in [4.69, 9.17) is 0 Å². The third kappa shape index (κ3) is 5.44. The minimum atomic E-state index is -3.07. The number of allylic oxidation sites excluding steroid dienone is 1. The van der Waals surface area contributed by atoms with Gasteiger partial charge in [0.15, 0.2) is 0 Å². The third-order valence-electron chi connectivity index (χ3n) is 16.4. The van der Waals surface area contributed by atoms with Crippen molar-refractivity contribution in [3.05, 3.63) is 12.2 Å². The van der Waals surface area contributed by atoms with E-state index in [0.29, 0.717) is 46.6 Å². The molecule has 10 atom stereocenters. The van der Waals surface area contributed by atoms with Gasteiger partial charge in [-0.1, -0.05) is 46.8 Å². The maximum absolute atomic E-state index is 11.9. The first-order valence-electron chi connectivity index (χ1n) is 18.7. The van der Waals surface area contributed by atoms with E-state index >= 15 is 0 Å². The zero-order valence-corrected chi connectivity index (χ0v) is 30.8. The van der Waals surface area contributed by atoms with E-state index in [9.17, 15) is 13.5 Å². The number of rotatable bonds is 8. The first-order chi connectivity index (χ1) is 21.0. The van der Waals surface area contributed by atoms with Crippen molar-refractivity contribution >= 4 is 10.0 Å². The summed E-state index contributed by atoms with van der Waals surface area (Å²) >= 11 is 0. The molecule has 0 aromatic rings. The molecule has 5 saturated carbocycles. The van der Waals surface area contributed by atoms with Crippen LogP contribution in [0.5, 0.6) is 0 Å². The van der Waals surface area contributed by atoms with Crippen LogP contribution in [0.15, 0.2) is 12.2 Å². The van der Waals surface area contributed by atoms with Gasteiger partial charge in [0.1, 0.15) is 0 Å². The molecule has 0 bridgehead atoms. The predicted octanol–water partition coefficient (Wildman–Crippen LogP) is 6.56. The van der Waals surface area contributed by atoms with Crippen molar-refractivity contribution in [2.75, 3.05) is 52.1 Å². The molecule has 6 nitrogen and oxygen atoms in total. The van der Waals surface area contributed by atoms with Crippen molar-refractivity contribution in [2.45, 2.75) is 118 Å². The number of aliphatic hydroxyl groups excluding tert-OH is 1. The lowest BCUT2D eigenvalue weighted by atomic mass is 9.32. The lowest BCUT2D eigenvalue weighted by Gasteiger charge is -2.73. The lowest BCUT2D eigenvalue weighted by Crippen LogP contribution is -2.66. The van der Waals surface area contributed by atoms with Gasteiger partial charge in [-0.3, -0.25) is 4.90 Å². The predicted molar refractivity (Wildman–Crippen MR) is 185 cm³/mol. The third-order valence-corrected chi connectivity index (χ3v) is 17.7. The Labute approximate surface area is 276 Å². The summed E-state index contributed by atoms with van der Waals surface area (Å²) in [5.41, 5.74) is 2.96. The number of hydrogen-bond donors (Lipinski definition) is 2. The molecular weight excluding hydrogens is 579 g/mol. The summed E-state index contributed by atoms with van der Waals surface area (Å²) in [6.45, 7) is 25.8. The number of sulfonamides is 1. The molecule has 0 aromatic carbocycles.